The fraction of sp³-hybridized carbons (Fsp3) is 0. The number of nitrogens with one attached hydrogen (secondary N) is 3. The first-order valence-corrected chi connectivity index (χ1v) is 7.92. The normalized spacial score (nSPS) is 14.1. The summed E-state index contributed by atoms with van der Waals surface area (Å²) in [5.74, 6) is -0.711. The molecule has 6 nitrogen and oxygen atoms in total. The zero-order chi connectivity index (χ0) is 16.7. The van der Waals surface area contributed by atoms with Gasteiger partial charge in [-0.25, -0.2) is 4.98 Å². The Morgan fingerprint density at radius 1 is 0.760 bits per heavy atom. The summed E-state index contributed by atoms with van der Waals surface area (Å²) < 4.78 is 0. The van der Waals surface area contributed by atoms with Crippen LogP contribution in [0.5, 0.6) is 0 Å². The number of aromatic amines is 2. The van der Waals surface area contributed by atoms with Gasteiger partial charge in [-0.15, -0.1) is 0 Å². The third-order valence-corrected chi connectivity index (χ3v) is 4.96. The second kappa shape index (κ2) is 4.05. The Bertz CT molecular complexity index is 1300. The Labute approximate surface area is 139 Å². The number of hydrogen-bond acceptors (Lipinski definition) is 3. The van der Waals surface area contributed by atoms with E-state index in [1.54, 1.807) is 6.20 Å². The summed E-state index contributed by atoms with van der Waals surface area (Å²) >= 11 is 0. The van der Waals surface area contributed by atoms with Crippen LogP contribution in [-0.2, 0) is 0 Å². The number of imide groups is 1. The van der Waals surface area contributed by atoms with E-state index in [1.165, 1.54) is 0 Å². The smallest absolute Gasteiger partial charge is 0.259 e. The Hall–Kier alpha value is -3.67. The number of pyridine rings is 1. The number of para-hydroxylation sites is 1. The quantitative estimate of drug-likeness (QED) is 0.382. The minimum absolute atomic E-state index is 0.352. The van der Waals surface area contributed by atoms with Crippen LogP contribution >= 0.6 is 0 Å². The van der Waals surface area contributed by atoms with E-state index in [4.69, 9.17) is 0 Å². The van der Waals surface area contributed by atoms with Crippen LogP contribution in [0.15, 0.2) is 42.6 Å². The molecule has 0 unspecified atom stereocenters. The van der Waals surface area contributed by atoms with Crippen LogP contribution < -0.4 is 5.32 Å². The summed E-state index contributed by atoms with van der Waals surface area (Å²) in [5.41, 5.74) is 4.09. The second-order valence-electron chi connectivity index (χ2n) is 6.23. The van der Waals surface area contributed by atoms with Crippen LogP contribution in [0.25, 0.3) is 43.7 Å². The summed E-state index contributed by atoms with van der Waals surface area (Å²) in [4.78, 5) is 36.2. The van der Waals surface area contributed by atoms with E-state index in [2.05, 4.69) is 20.3 Å². The molecule has 3 aromatic heterocycles. The Kier molecular flexibility index (Phi) is 2.06. The van der Waals surface area contributed by atoms with Gasteiger partial charge in [0.05, 0.1) is 22.2 Å². The monoisotopic (exact) mass is 326 g/mol. The van der Waals surface area contributed by atoms with Crippen molar-refractivity contribution in [2.24, 2.45) is 0 Å². The molecule has 0 saturated carbocycles. The molecule has 0 radical (unpaired) electrons. The van der Waals surface area contributed by atoms with Crippen molar-refractivity contribution < 1.29 is 9.59 Å². The van der Waals surface area contributed by atoms with E-state index >= 15 is 0 Å². The molecule has 0 spiro atoms. The topological polar surface area (TPSA) is 90.6 Å². The second-order valence-corrected chi connectivity index (χ2v) is 6.23. The van der Waals surface area contributed by atoms with E-state index in [0.29, 0.717) is 16.8 Å². The van der Waals surface area contributed by atoms with Gasteiger partial charge in [0.2, 0.25) is 0 Å². The zero-order valence-electron chi connectivity index (χ0n) is 12.8. The van der Waals surface area contributed by atoms with Crippen molar-refractivity contribution in [1.82, 2.24) is 20.3 Å². The first-order chi connectivity index (χ1) is 12.2. The van der Waals surface area contributed by atoms with Gasteiger partial charge in [-0.2, -0.15) is 0 Å². The lowest BCUT2D eigenvalue weighted by molar-refractivity contribution is 0.0880. The number of nitrogens with zero attached hydrogens (tertiary/aromatic N) is 1. The number of carbonyl (C=O) groups excluding carboxylic acids is 2. The van der Waals surface area contributed by atoms with Crippen LogP contribution in [0.4, 0.5) is 0 Å². The number of H-pyrrole nitrogens is 2. The standard InChI is InChI=1S/C19H10N4O2/c24-18-13-11-8-4-1-2-6-10(8)21-15(11)16-12(14(13)19(25)23-18)9-5-3-7-20-17(9)22-16/h1-7,21H,(H,20,22)(H,23,24,25). The lowest BCUT2D eigenvalue weighted by Crippen LogP contribution is -2.20. The number of amides is 2. The Morgan fingerprint density at radius 2 is 1.44 bits per heavy atom. The molecule has 2 amide bonds. The summed E-state index contributed by atoms with van der Waals surface area (Å²) in [6.45, 7) is 0. The molecule has 4 heterocycles. The molecule has 3 N–H and O–H groups in total. The first kappa shape index (κ1) is 12.7. The van der Waals surface area contributed by atoms with Gasteiger partial charge in [0, 0.05) is 33.3 Å². The van der Waals surface area contributed by atoms with Crippen molar-refractivity contribution in [3.8, 4) is 0 Å². The van der Waals surface area contributed by atoms with Gasteiger partial charge in [0.15, 0.2) is 0 Å². The van der Waals surface area contributed by atoms with Crippen LogP contribution in [0.1, 0.15) is 20.7 Å². The predicted octanol–water partition coefficient (Wildman–Crippen LogP) is 3.23. The number of benzene rings is 2. The highest BCUT2D eigenvalue weighted by molar-refractivity contribution is 6.38. The van der Waals surface area contributed by atoms with Crippen LogP contribution in [-0.4, -0.2) is 26.8 Å². The van der Waals surface area contributed by atoms with E-state index in [1.807, 2.05) is 36.4 Å². The van der Waals surface area contributed by atoms with Gasteiger partial charge in [-0.05, 0) is 18.2 Å². The van der Waals surface area contributed by atoms with Crippen molar-refractivity contribution >= 4 is 55.6 Å². The number of carbonyl (C=O) groups is 2. The Morgan fingerprint density at radius 3 is 2.28 bits per heavy atom. The van der Waals surface area contributed by atoms with Crippen LogP contribution in [0.2, 0.25) is 0 Å². The lowest BCUT2D eigenvalue weighted by atomic mass is 9.97. The molecule has 2 aromatic carbocycles. The molecular weight excluding hydrogens is 316 g/mol. The molecule has 0 atom stereocenters. The largest absolute Gasteiger partial charge is 0.353 e. The van der Waals surface area contributed by atoms with Gasteiger partial charge >= 0.3 is 0 Å². The van der Waals surface area contributed by atoms with Gasteiger partial charge < -0.3 is 9.97 Å². The average Bonchev–Trinajstić information content (AvgIpc) is 3.26. The molecule has 0 fully saturated rings. The molecule has 1 aliphatic rings. The van der Waals surface area contributed by atoms with Gasteiger partial charge in [-0.3, -0.25) is 14.9 Å². The van der Waals surface area contributed by atoms with Gasteiger partial charge in [-0.1, -0.05) is 18.2 Å². The molecular formula is C19H10N4O2. The molecule has 6 rings (SSSR count). The summed E-state index contributed by atoms with van der Waals surface area (Å²) in [6.07, 6.45) is 1.70. The maximum atomic E-state index is 12.6. The van der Waals surface area contributed by atoms with Crippen LogP contribution in [0.3, 0.4) is 0 Å². The van der Waals surface area contributed by atoms with Crippen molar-refractivity contribution in [1.29, 1.82) is 0 Å². The summed E-state index contributed by atoms with van der Waals surface area (Å²) in [7, 11) is 0. The minimum Gasteiger partial charge on any atom is -0.353 e. The lowest BCUT2D eigenvalue weighted by Gasteiger charge is -2.02. The molecule has 118 valence electrons. The SMILES string of the molecule is O=C1NC(=O)c2c1c1c3ccccc3[nH]c1c1[nH]c3ncccc3c21. The number of aromatic nitrogens is 3. The van der Waals surface area contributed by atoms with Crippen molar-refractivity contribution in [2.75, 3.05) is 0 Å². The first-order valence-electron chi connectivity index (χ1n) is 7.92. The molecule has 5 aromatic rings. The predicted molar refractivity (Wildman–Crippen MR) is 94.8 cm³/mol. The van der Waals surface area contributed by atoms with E-state index in [0.717, 1.165) is 38.1 Å². The van der Waals surface area contributed by atoms with Crippen molar-refractivity contribution in [3.63, 3.8) is 0 Å². The van der Waals surface area contributed by atoms with Crippen molar-refractivity contribution in [3.05, 3.63) is 53.7 Å². The number of fused-ring (bicyclic) bond motifs is 10. The zero-order valence-corrected chi connectivity index (χ0v) is 12.8. The molecule has 0 bridgehead atoms. The average molecular weight is 326 g/mol. The van der Waals surface area contributed by atoms with E-state index in [9.17, 15) is 9.59 Å². The fourth-order valence-corrected chi connectivity index (χ4v) is 3.99. The highest BCUT2D eigenvalue weighted by Gasteiger charge is 2.34. The maximum Gasteiger partial charge on any atom is 0.259 e. The fourth-order valence-electron chi connectivity index (χ4n) is 3.99. The highest BCUT2D eigenvalue weighted by atomic mass is 16.2. The summed E-state index contributed by atoms with van der Waals surface area (Å²) in [6, 6.07) is 11.5. The third kappa shape index (κ3) is 1.38. The minimum atomic E-state index is -0.359. The molecule has 1 aliphatic heterocycles. The Balaban J connectivity index is 2.04. The molecule has 0 saturated heterocycles. The maximum absolute atomic E-state index is 12.6. The van der Waals surface area contributed by atoms with E-state index < -0.39 is 0 Å². The number of hydrogen-bond donors (Lipinski definition) is 3. The molecule has 25 heavy (non-hydrogen) atoms. The molecule has 0 aliphatic carbocycles. The van der Waals surface area contributed by atoms with Gasteiger partial charge in [0.25, 0.3) is 11.8 Å². The van der Waals surface area contributed by atoms with Crippen LogP contribution in [0, 0.1) is 0 Å². The highest BCUT2D eigenvalue weighted by Crippen LogP contribution is 2.41. The third-order valence-electron chi connectivity index (χ3n) is 4.96. The number of rotatable bonds is 0. The van der Waals surface area contributed by atoms with Gasteiger partial charge in [0.1, 0.15) is 5.65 Å². The van der Waals surface area contributed by atoms with E-state index in [-0.39, 0.29) is 11.8 Å². The summed E-state index contributed by atoms with van der Waals surface area (Å²) in [5, 5.41) is 5.71. The van der Waals surface area contributed by atoms with Crippen molar-refractivity contribution in [2.45, 2.75) is 0 Å². The molecule has 6 heteroatoms.